The van der Waals surface area contributed by atoms with Crippen molar-refractivity contribution in [2.45, 2.75) is 25.0 Å². The van der Waals surface area contributed by atoms with Crippen LogP contribution in [0.25, 0.3) is 0 Å². The first-order chi connectivity index (χ1) is 6.95. The Bertz CT molecular complexity index is 413. The van der Waals surface area contributed by atoms with Crippen molar-refractivity contribution in [1.82, 2.24) is 10.2 Å². The molecule has 0 amide bonds. The van der Waals surface area contributed by atoms with Gasteiger partial charge in [-0.1, -0.05) is 0 Å². The van der Waals surface area contributed by atoms with Crippen LogP contribution in [0.15, 0.2) is 0 Å². The lowest BCUT2D eigenvalue weighted by Gasteiger charge is -2.02. The zero-order chi connectivity index (χ0) is 11.5. The zero-order valence-corrected chi connectivity index (χ0v) is 10.4. The highest BCUT2D eigenvalue weighted by atomic mass is 32.2. The number of nitrogens with zero attached hydrogens (tertiary/aromatic N) is 2. The largest absolute Gasteiger partial charge is 0.330 e. The standard InChI is InChI=1S/C8H15N3O2S2/c1-6(15(2,12)13)8-11-10-7(14-8)4-3-5-9/h6H,3-5,9H2,1-2H3. The quantitative estimate of drug-likeness (QED) is 0.823. The van der Waals surface area contributed by atoms with Gasteiger partial charge in [-0.05, 0) is 19.9 Å². The number of nitrogens with two attached hydrogens (primary N) is 1. The van der Waals surface area contributed by atoms with E-state index >= 15 is 0 Å². The molecular weight excluding hydrogens is 234 g/mol. The second-order valence-electron chi connectivity index (χ2n) is 3.40. The van der Waals surface area contributed by atoms with Crippen molar-refractivity contribution in [3.05, 3.63) is 10.0 Å². The summed E-state index contributed by atoms with van der Waals surface area (Å²) in [5.74, 6) is 0. The van der Waals surface area contributed by atoms with Gasteiger partial charge in [-0.25, -0.2) is 8.42 Å². The van der Waals surface area contributed by atoms with E-state index in [-0.39, 0.29) is 0 Å². The van der Waals surface area contributed by atoms with Crippen molar-refractivity contribution in [3.8, 4) is 0 Å². The van der Waals surface area contributed by atoms with Crippen molar-refractivity contribution >= 4 is 21.2 Å². The first-order valence-corrected chi connectivity index (χ1v) is 7.43. The molecule has 0 aliphatic heterocycles. The van der Waals surface area contributed by atoms with Gasteiger partial charge in [0.2, 0.25) is 0 Å². The van der Waals surface area contributed by atoms with Crippen LogP contribution in [0.5, 0.6) is 0 Å². The number of sulfone groups is 1. The maximum Gasteiger partial charge on any atom is 0.156 e. The average molecular weight is 249 g/mol. The molecule has 0 spiro atoms. The molecule has 0 saturated carbocycles. The summed E-state index contributed by atoms with van der Waals surface area (Å²) in [6.45, 7) is 2.24. The lowest BCUT2D eigenvalue weighted by Crippen LogP contribution is -2.07. The summed E-state index contributed by atoms with van der Waals surface area (Å²) < 4.78 is 22.5. The molecule has 0 radical (unpaired) electrons. The molecule has 0 saturated heterocycles. The molecule has 1 rings (SSSR count). The minimum absolute atomic E-state index is 0.560. The first-order valence-electron chi connectivity index (χ1n) is 4.66. The van der Waals surface area contributed by atoms with Crippen LogP contribution in [0.3, 0.4) is 0 Å². The summed E-state index contributed by atoms with van der Waals surface area (Å²) in [5.41, 5.74) is 5.37. The Morgan fingerprint density at radius 3 is 2.67 bits per heavy atom. The topological polar surface area (TPSA) is 85.9 Å². The van der Waals surface area contributed by atoms with Gasteiger partial charge in [-0.3, -0.25) is 0 Å². The van der Waals surface area contributed by atoms with E-state index in [1.807, 2.05) is 0 Å². The fourth-order valence-corrected chi connectivity index (χ4v) is 2.87. The smallest absolute Gasteiger partial charge is 0.156 e. The summed E-state index contributed by atoms with van der Waals surface area (Å²) in [5, 5.41) is 8.67. The van der Waals surface area contributed by atoms with E-state index in [4.69, 9.17) is 5.73 Å². The van der Waals surface area contributed by atoms with Crippen molar-refractivity contribution in [2.75, 3.05) is 12.8 Å². The van der Waals surface area contributed by atoms with E-state index in [2.05, 4.69) is 10.2 Å². The molecular formula is C8H15N3O2S2. The third-order valence-electron chi connectivity index (χ3n) is 2.07. The Morgan fingerprint density at radius 2 is 2.13 bits per heavy atom. The average Bonchev–Trinajstić information content (AvgIpc) is 2.60. The summed E-state index contributed by atoms with van der Waals surface area (Å²) in [7, 11) is -3.08. The molecule has 1 aromatic heterocycles. The Morgan fingerprint density at radius 1 is 1.47 bits per heavy atom. The fraction of sp³-hybridized carbons (Fsp3) is 0.750. The molecule has 2 N–H and O–H groups in total. The third kappa shape index (κ3) is 3.51. The third-order valence-corrected chi connectivity index (χ3v) is 4.89. The Hall–Kier alpha value is -0.530. The highest BCUT2D eigenvalue weighted by Gasteiger charge is 2.21. The van der Waals surface area contributed by atoms with Crippen LogP contribution in [0.1, 0.15) is 28.6 Å². The maximum absolute atomic E-state index is 11.3. The molecule has 1 atom stereocenters. The van der Waals surface area contributed by atoms with Gasteiger partial charge in [0.25, 0.3) is 0 Å². The van der Waals surface area contributed by atoms with Crippen molar-refractivity contribution in [3.63, 3.8) is 0 Å². The van der Waals surface area contributed by atoms with E-state index in [1.54, 1.807) is 6.92 Å². The molecule has 86 valence electrons. The van der Waals surface area contributed by atoms with Crippen LogP contribution >= 0.6 is 11.3 Å². The van der Waals surface area contributed by atoms with Gasteiger partial charge in [0.15, 0.2) is 9.84 Å². The Balaban J connectivity index is 2.76. The molecule has 0 bridgehead atoms. The van der Waals surface area contributed by atoms with Crippen LogP contribution in [0.4, 0.5) is 0 Å². The van der Waals surface area contributed by atoms with Crippen molar-refractivity contribution in [2.24, 2.45) is 5.73 Å². The van der Waals surface area contributed by atoms with Crippen LogP contribution < -0.4 is 5.73 Å². The highest BCUT2D eigenvalue weighted by Crippen LogP contribution is 2.24. The van der Waals surface area contributed by atoms with E-state index in [0.29, 0.717) is 11.6 Å². The van der Waals surface area contributed by atoms with Gasteiger partial charge < -0.3 is 5.73 Å². The lowest BCUT2D eigenvalue weighted by molar-refractivity contribution is 0.591. The molecule has 0 aliphatic rings. The monoisotopic (exact) mass is 249 g/mol. The SMILES string of the molecule is CC(c1nnc(CCCN)s1)S(C)(=O)=O. The number of rotatable bonds is 5. The number of aryl methyl sites for hydroxylation is 1. The molecule has 5 nitrogen and oxygen atoms in total. The molecule has 1 heterocycles. The number of hydrogen-bond acceptors (Lipinski definition) is 6. The second kappa shape index (κ2) is 5.00. The summed E-state index contributed by atoms with van der Waals surface area (Å²) in [4.78, 5) is 0. The lowest BCUT2D eigenvalue weighted by atomic mass is 10.3. The Labute approximate surface area is 93.6 Å². The van der Waals surface area contributed by atoms with E-state index in [9.17, 15) is 8.42 Å². The van der Waals surface area contributed by atoms with E-state index < -0.39 is 15.1 Å². The highest BCUT2D eigenvalue weighted by molar-refractivity contribution is 7.91. The van der Waals surface area contributed by atoms with E-state index in [0.717, 1.165) is 17.8 Å². The van der Waals surface area contributed by atoms with Gasteiger partial charge in [0.1, 0.15) is 15.3 Å². The minimum Gasteiger partial charge on any atom is -0.330 e. The molecule has 0 fully saturated rings. The van der Waals surface area contributed by atoms with Gasteiger partial charge in [-0.2, -0.15) is 0 Å². The predicted octanol–water partition coefficient (Wildman–Crippen LogP) is 0.535. The maximum atomic E-state index is 11.3. The van der Waals surface area contributed by atoms with Crippen LogP contribution in [0, 0.1) is 0 Å². The van der Waals surface area contributed by atoms with Crippen LogP contribution in [0.2, 0.25) is 0 Å². The van der Waals surface area contributed by atoms with E-state index in [1.165, 1.54) is 17.6 Å². The predicted molar refractivity (Wildman–Crippen MR) is 60.5 cm³/mol. The summed E-state index contributed by atoms with van der Waals surface area (Å²) in [6.07, 6.45) is 2.82. The Kier molecular flexibility index (Phi) is 4.18. The zero-order valence-electron chi connectivity index (χ0n) is 8.80. The van der Waals surface area contributed by atoms with Crippen LogP contribution in [-0.4, -0.2) is 31.4 Å². The van der Waals surface area contributed by atoms with Gasteiger partial charge in [-0.15, -0.1) is 21.5 Å². The molecule has 15 heavy (non-hydrogen) atoms. The number of aromatic nitrogens is 2. The minimum atomic E-state index is -3.08. The second-order valence-corrected chi connectivity index (χ2v) is 6.86. The molecule has 0 aliphatic carbocycles. The van der Waals surface area contributed by atoms with Crippen LogP contribution in [-0.2, 0) is 16.3 Å². The van der Waals surface area contributed by atoms with Gasteiger partial charge >= 0.3 is 0 Å². The molecule has 7 heteroatoms. The molecule has 1 aromatic rings. The summed E-state index contributed by atoms with van der Waals surface area (Å²) >= 11 is 1.35. The fourth-order valence-electron chi connectivity index (χ4n) is 0.968. The first kappa shape index (κ1) is 12.5. The number of hydrogen-bond donors (Lipinski definition) is 1. The molecule has 1 unspecified atom stereocenters. The molecule has 0 aromatic carbocycles. The van der Waals surface area contributed by atoms with Gasteiger partial charge in [0.05, 0.1) is 0 Å². The van der Waals surface area contributed by atoms with Crippen molar-refractivity contribution in [1.29, 1.82) is 0 Å². The van der Waals surface area contributed by atoms with Gasteiger partial charge in [0, 0.05) is 12.7 Å². The summed E-state index contributed by atoms with van der Waals surface area (Å²) in [6, 6.07) is 0. The normalized spacial score (nSPS) is 14.1. The van der Waals surface area contributed by atoms with Crippen molar-refractivity contribution < 1.29 is 8.42 Å².